The third kappa shape index (κ3) is 4.28. The van der Waals surface area contributed by atoms with Crippen LogP contribution in [0.2, 0.25) is 0 Å². The third-order valence-corrected chi connectivity index (χ3v) is 4.72. The van der Waals surface area contributed by atoms with Crippen molar-refractivity contribution in [2.24, 2.45) is 5.73 Å². The molecule has 0 aromatic heterocycles. The number of sulfone groups is 1. The summed E-state index contributed by atoms with van der Waals surface area (Å²) >= 11 is 4.90. The summed E-state index contributed by atoms with van der Waals surface area (Å²) in [5.41, 5.74) is 7.11. The van der Waals surface area contributed by atoms with Crippen LogP contribution in [-0.4, -0.2) is 42.8 Å². The summed E-state index contributed by atoms with van der Waals surface area (Å²) in [6.07, 6.45) is 1.05. The fraction of sp³-hybridized carbons (Fsp3) is 0.385. The summed E-state index contributed by atoms with van der Waals surface area (Å²) in [4.78, 5) is 13.7. The van der Waals surface area contributed by atoms with E-state index in [-0.39, 0.29) is 4.99 Å². The van der Waals surface area contributed by atoms with E-state index in [0.29, 0.717) is 6.54 Å². The molecule has 5 nitrogen and oxygen atoms in total. The molecule has 0 radical (unpaired) electrons. The lowest BCUT2D eigenvalue weighted by atomic mass is 10.1. The molecule has 1 unspecified atom stereocenters. The minimum Gasteiger partial charge on any atom is -0.389 e. The number of carbonyl (C=O) groups excluding carboxylic acids is 1. The van der Waals surface area contributed by atoms with Crippen molar-refractivity contribution in [3.05, 3.63) is 35.4 Å². The van der Waals surface area contributed by atoms with Crippen molar-refractivity contribution < 1.29 is 13.2 Å². The van der Waals surface area contributed by atoms with Gasteiger partial charge in [0.15, 0.2) is 9.84 Å². The van der Waals surface area contributed by atoms with Crippen LogP contribution in [0.15, 0.2) is 24.3 Å². The van der Waals surface area contributed by atoms with Crippen molar-refractivity contribution in [3.63, 3.8) is 0 Å². The highest BCUT2D eigenvalue weighted by Crippen LogP contribution is 2.10. The zero-order valence-electron chi connectivity index (χ0n) is 11.7. The van der Waals surface area contributed by atoms with E-state index < -0.39 is 21.0 Å². The molecule has 2 N–H and O–H groups in total. The van der Waals surface area contributed by atoms with Gasteiger partial charge in [-0.15, -0.1) is 0 Å². The predicted molar refractivity (Wildman–Crippen MR) is 83.1 cm³/mol. The van der Waals surface area contributed by atoms with Gasteiger partial charge in [-0.3, -0.25) is 4.79 Å². The fourth-order valence-electron chi connectivity index (χ4n) is 1.67. The lowest BCUT2D eigenvalue weighted by Crippen LogP contribution is -2.38. The minimum atomic E-state index is -3.39. The summed E-state index contributed by atoms with van der Waals surface area (Å²) in [7, 11) is -1.83. The average molecular weight is 314 g/mol. The molecule has 110 valence electrons. The van der Waals surface area contributed by atoms with Gasteiger partial charge in [0.1, 0.15) is 10.2 Å². The summed E-state index contributed by atoms with van der Waals surface area (Å²) in [5, 5.41) is -1.05. The molecule has 7 heteroatoms. The molecule has 1 atom stereocenters. The molecular formula is C13H18N2O3S2. The van der Waals surface area contributed by atoms with Gasteiger partial charge in [-0.1, -0.05) is 30.4 Å². The largest absolute Gasteiger partial charge is 0.389 e. The van der Waals surface area contributed by atoms with Crippen molar-refractivity contribution in [2.75, 3.05) is 13.3 Å². The highest BCUT2D eigenvalue weighted by molar-refractivity contribution is 7.92. The van der Waals surface area contributed by atoms with Gasteiger partial charge >= 0.3 is 0 Å². The van der Waals surface area contributed by atoms with Crippen LogP contribution in [0.25, 0.3) is 0 Å². The van der Waals surface area contributed by atoms with Crippen LogP contribution >= 0.6 is 12.2 Å². The Morgan fingerprint density at radius 3 is 2.55 bits per heavy atom. The molecule has 0 aliphatic heterocycles. The van der Waals surface area contributed by atoms with Gasteiger partial charge in [0.25, 0.3) is 0 Å². The second-order valence-electron chi connectivity index (χ2n) is 4.73. The highest BCUT2D eigenvalue weighted by Gasteiger charge is 2.26. The van der Waals surface area contributed by atoms with Gasteiger partial charge in [-0.2, -0.15) is 0 Å². The minimum absolute atomic E-state index is 0.283. The number of benzene rings is 1. The lowest BCUT2D eigenvalue weighted by molar-refractivity contribution is -0.129. The second-order valence-corrected chi connectivity index (χ2v) is 7.54. The summed E-state index contributed by atoms with van der Waals surface area (Å²) < 4.78 is 22.8. The van der Waals surface area contributed by atoms with Gasteiger partial charge in [0, 0.05) is 25.4 Å². The van der Waals surface area contributed by atoms with Gasteiger partial charge in [0.2, 0.25) is 5.91 Å². The number of thiocarbonyl (C=S) groups is 1. The topological polar surface area (TPSA) is 80.5 Å². The maximum Gasteiger partial charge on any atom is 0.240 e. The first-order valence-corrected chi connectivity index (χ1v) is 8.32. The van der Waals surface area contributed by atoms with Crippen molar-refractivity contribution >= 4 is 33.0 Å². The third-order valence-electron chi connectivity index (χ3n) is 3.00. The van der Waals surface area contributed by atoms with E-state index >= 15 is 0 Å². The molecule has 1 amide bonds. The number of hydrogen-bond acceptors (Lipinski definition) is 4. The molecule has 0 heterocycles. The molecule has 0 aliphatic rings. The number of nitrogens with two attached hydrogens (primary N) is 1. The quantitative estimate of drug-likeness (QED) is 0.810. The Morgan fingerprint density at radius 2 is 2.05 bits per heavy atom. The smallest absolute Gasteiger partial charge is 0.240 e. The van der Waals surface area contributed by atoms with Crippen LogP contribution in [0.4, 0.5) is 0 Å². The van der Waals surface area contributed by atoms with E-state index in [9.17, 15) is 13.2 Å². The van der Waals surface area contributed by atoms with E-state index in [1.165, 1.54) is 11.8 Å². The van der Waals surface area contributed by atoms with Crippen molar-refractivity contribution in [3.8, 4) is 0 Å². The Balaban J connectivity index is 2.86. The number of amides is 1. The normalized spacial score (nSPS) is 12.8. The summed E-state index contributed by atoms with van der Waals surface area (Å²) in [6, 6.07) is 7.20. The van der Waals surface area contributed by atoms with E-state index in [0.717, 1.165) is 17.4 Å². The van der Waals surface area contributed by atoms with Crippen molar-refractivity contribution in [1.82, 2.24) is 4.90 Å². The molecule has 1 rings (SSSR count). The maximum absolute atomic E-state index is 12.0. The van der Waals surface area contributed by atoms with Crippen LogP contribution < -0.4 is 5.73 Å². The van der Waals surface area contributed by atoms with Crippen LogP contribution in [0.3, 0.4) is 0 Å². The molecular weight excluding hydrogens is 296 g/mol. The maximum atomic E-state index is 12.0. The van der Waals surface area contributed by atoms with Crippen LogP contribution in [0.1, 0.15) is 18.1 Å². The zero-order chi connectivity index (χ0) is 15.5. The molecule has 20 heavy (non-hydrogen) atoms. The lowest BCUT2D eigenvalue weighted by Gasteiger charge is -2.20. The Kier molecular flexibility index (Phi) is 5.24. The molecule has 0 aliphatic carbocycles. The monoisotopic (exact) mass is 314 g/mol. The second kappa shape index (κ2) is 6.32. The van der Waals surface area contributed by atoms with Gasteiger partial charge < -0.3 is 10.6 Å². The SMILES string of the molecule is CC(C(=O)N(C)Cc1cccc(C(N)=S)c1)S(C)(=O)=O. The van der Waals surface area contributed by atoms with Crippen LogP contribution in [0, 0.1) is 0 Å². The van der Waals surface area contributed by atoms with Crippen LogP contribution in [0.5, 0.6) is 0 Å². The van der Waals surface area contributed by atoms with Gasteiger partial charge in [0.05, 0.1) is 0 Å². The summed E-state index contributed by atoms with van der Waals surface area (Å²) in [6.45, 7) is 1.69. The number of carbonyl (C=O) groups is 1. The molecule has 0 bridgehead atoms. The summed E-state index contributed by atoms with van der Waals surface area (Å²) in [5.74, 6) is -0.437. The van der Waals surface area contributed by atoms with E-state index in [4.69, 9.17) is 18.0 Å². The highest BCUT2D eigenvalue weighted by atomic mass is 32.2. The van der Waals surface area contributed by atoms with Crippen LogP contribution in [-0.2, 0) is 21.2 Å². The fourth-order valence-corrected chi connectivity index (χ4v) is 2.34. The van der Waals surface area contributed by atoms with Gasteiger partial charge in [-0.05, 0) is 18.6 Å². The van der Waals surface area contributed by atoms with E-state index in [2.05, 4.69) is 0 Å². The Hall–Kier alpha value is -1.47. The molecule has 0 fully saturated rings. The molecule has 0 saturated heterocycles. The number of hydrogen-bond donors (Lipinski definition) is 1. The molecule has 0 spiro atoms. The van der Waals surface area contributed by atoms with Crippen molar-refractivity contribution in [1.29, 1.82) is 0 Å². The number of rotatable bonds is 5. The first-order chi connectivity index (χ1) is 9.12. The molecule has 1 aromatic carbocycles. The van der Waals surface area contributed by atoms with E-state index in [1.54, 1.807) is 25.2 Å². The van der Waals surface area contributed by atoms with Crippen molar-refractivity contribution in [2.45, 2.75) is 18.7 Å². The van der Waals surface area contributed by atoms with Gasteiger partial charge in [-0.25, -0.2) is 8.42 Å². The number of nitrogens with zero attached hydrogens (tertiary/aromatic N) is 1. The Labute approximate surface area is 124 Å². The zero-order valence-corrected chi connectivity index (χ0v) is 13.3. The van der Waals surface area contributed by atoms with E-state index in [1.807, 2.05) is 6.07 Å². The standard InChI is InChI=1S/C13H18N2O3S2/c1-9(20(3,17)18)13(16)15(2)8-10-5-4-6-11(7-10)12(14)19/h4-7,9H,8H2,1-3H3,(H2,14,19). The first-order valence-electron chi connectivity index (χ1n) is 5.95. The predicted octanol–water partition coefficient (Wildman–Crippen LogP) is 0.712. The Bertz CT molecular complexity index is 626. The molecule has 0 saturated carbocycles. The Morgan fingerprint density at radius 1 is 1.45 bits per heavy atom. The first kappa shape index (κ1) is 16.6. The molecule has 1 aromatic rings. The average Bonchev–Trinajstić information content (AvgIpc) is 2.36.